The van der Waals surface area contributed by atoms with Crippen molar-refractivity contribution in [3.05, 3.63) is 28.2 Å². The van der Waals surface area contributed by atoms with Gasteiger partial charge in [0.2, 0.25) is 15.0 Å². The molecule has 2 aromatic rings. The molecule has 0 unspecified atom stereocenters. The fourth-order valence-corrected chi connectivity index (χ4v) is 13.3. The van der Waals surface area contributed by atoms with Gasteiger partial charge < -0.3 is 4.43 Å². The van der Waals surface area contributed by atoms with Gasteiger partial charge in [0.1, 0.15) is 13.7 Å². The SMILES string of the molecule is CC(C)[Si](C#Cc1cc(=O)n(C2CCC(CO[Si](C)(C)C(C)(C)C)CC2)c2nc(S(C)(=O)=O)ncc12)(C(C)C)C(C)C. The van der Waals surface area contributed by atoms with Gasteiger partial charge in [-0.25, -0.2) is 13.4 Å². The van der Waals surface area contributed by atoms with Gasteiger partial charge in [0, 0.05) is 36.7 Å². The highest BCUT2D eigenvalue weighted by molar-refractivity contribution is 7.90. The van der Waals surface area contributed by atoms with Crippen molar-refractivity contribution in [2.75, 3.05) is 12.9 Å². The number of fused-ring (bicyclic) bond motifs is 1. The largest absolute Gasteiger partial charge is 0.417 e. The number of rotatable bonds is 8. The van der Waals surface area contributed by atoms with Crippen LogP contribution in [0.4, 0.5) is 0 Å². The van der Waals surface area contributed by atoms with Crippen molar-refractivity contribution in [3.63, 3.8) is 0 Å². The lowest BCUT2D eigenvalue weighted by Crippen LogP contribution is -2.43. The highest BCUT2D eigenvalue weighted by atomic mass is 32.2. The molecule has 0 aliphatic heterocycles. The van der Waals surface area contributed by atoms with Crippen LogP contribution in [0, 0.1) is 17.4 Å². The summed E-state index contributed by atoms with van der Waals surface area (Å²) in [6, 6.07) is 1.55. The van der Waals surface area contributed by atoms with Gasteiger partial charge in [-0.3, -0.25) is 9.36 Å². The fraction of sp³-hybridized carbons (Fsp3) is 0.719. The van der Waals surface area contributed by atoms with Crippen molar-refractivity contribution in [1.82, 2.24) is 14.5 Å². The van der Waals surface area contributed by atoms with E-state index in [0.29, 0.717) is 39.1 Å². The summed E-state index contributed by atoms with van der Waals surface area (Å²) in [5, 5.41) is 0.539. The smallest absolute Gasteiger partial charge is 0.253 e. The van der Waals surface area contributed by atoms with Crippen molar-refractivity contribution in [2.45, 2.75) is 134 Å². The van der Waals surface area contributed by atoms with Gasteiger partial charge in [0.05, 0.1) is 5.39 Å². The Morgan fingerprint density at radius 2 is 1.57 bits per heavy atom. The number of pyridine rings is 1. The minimum Gasteiger partial charge on any atom is -0.417 e. The topological polar surface area (TPSA) is 91.2 Å². The van der Waals surface area contributed by atoms with Crippen LogP contribution in [0.2, 0.25) is 34.8 Å². The number of sulfone groups is 1. The Morgan fingerprint density at radius 1 is 1.02 bits per heavy atom. The van der Waals surface area contributed by atoms with Gasteiger partial charge in [-0.2, -0.15) is 4.98 Å². The third-order valence-electron chi connectivity index (χ3n) is 10.0. The molecule has 7 nitrogen and oxygen atoms in total. The van der Waals surface area contributed by atoms with Gasteiger partial charge in [0.25, 0.3) is 5.56 Å². The number of hydrogen-bond acceptors (Lipinski definition) is 6. The van der Waals surface area contributed by atoms with E-state index in [9.17, 15) is 13.2 Å². The van der Waals surface area contributed by atoms with E-state index in [-0.39, 0.29) is 21.8 Å². The van der Waals surface area contributed by atoms with Gasteiger partial charge in [-0.05, 0) is 66.4 Å². The average Bonchev–Trinajstić information content (AvgIpc) is 2.86. The van der Waals surface area contributed by atoms with Crippen LogP contribution in [0.15, 0.2) is 22.2 Å². The second-order valence-electron chi connectivity index (χ2n) is 14.8. The second kappa shape index (κ2) is 12.7. The molecule has 1 fully saturated rings. The normalized spacial score (nSPS) is 19.0. The van der Waals surface area contributed by atoms with Gasteiger partial charge >= 0.3 is 0 Å². The molecule has 0 N–H and O–H groups in total. The Hall–Kier alpha value is -1.81. The van der Waals surface area contributed by atoms with Gasteiger partial charge in [-0.1, -0.05) is 68.2 Å². The quantitative estimate of drug-likeness (QED) is 0.170. The minimum atomic E-state index is -3.66. The second-order valence-corrected chi connectivity index (χ2v) is 27.1. The Morgan fingerprint density at radius 3 is 2.05 bits per heavy atom. The maximum Gasteiger partial charge on any atom is 0.253 e. The van der Waals surface area contributed by atoms with E-state index in [4.69, 9.17) is 4.43 Å². The van der Waals surface area contributed by atoms with Crippen LogP contribution in [-0.4, -0.2) is 52.2 Å². The van der Waals surface area contributed by atoms with E-state index in [1.54, 1.807) is 16.8 Å². The fourth-order valence-electron chi connectivity index (χ4n) is 6.46. The number of hydrogen-bond donors (Lipinski definition) is 0. The van der Waals surface area contributed by atoms with E-state index in [2.05, 4.69) is 96.8 Å². The highest BCUT2D eigenvalue weighted by Crippen LogP contribution is 2.41. The Labute approximate surface area is 256 Å². The molecule has 1 aliphatic carbocycles. The lowest BCUT2D eigenvalue weighted by molar-refractivity contribution is 0.172. The molecule has 1 aliphatic rings. The lowest BCUT2D eigenvalue weighted by Gasteiger charge is -2.38. The number of aromatic nitrogens is 3. The highest BCUT2D eigenvalue weighted by Gasteiger charge is 2.42. The Kier molecular flexibility index (Phi) is 10.5. The van der Waals surface area contributed by atoms with Gasteiger partial charge in [0.15, 0.2) is 8.32 Å². The summed E-state index contributed by atoms with van der Waals surface area (Å²) in [6.07, 6.45) is 6.16. The van der Waals surface area contributed by atoms with Crippen LogP contribution in [0.25, 0.3) is 11.0 Å². The zero-order chi connectivity index (χ0) is 31.8. The molecule has 0 spiro atoms. The molecule has 42 heavy (non-hydrogen) atoms. The molecule has 1 saturated carbocycles. The van der Waals surface area contributed by atoms with Crippen molar-refractivity contribution < 1.29 is 12.8 Å². The lowest BCUT2D eigenvalue weighted by atomic mass is 9.86. The first-order chi connectivity index (χ1) is 19.2. The number of nitrogens with zero attached hydrogens (tertiary/aromatic N) is 3. The van der Waals surface area contributed by atoms with E-state index in [1.807, 2.05) is 0 Å². The van der Waals surface area contributed by atoms with Crippen LogP contribution in [-0.2, 0) is 14.3 Å². The molecule has 0 radical (unpaired) electrons. The summed E-state index contributed by atoms with van der Waals surface area (Å²) < 4.78 is 33.1. The first-order valence-electron chi connectivity index (χ1n) is 15.5. The maximum atomic E-state index is 13.8. The predicted molar refractivity (Wildman–Crippen MR) is 179 cm³/mol. The summed E-state index contributed by atoms with van der Waals surface area (Å²) in [6.45, 7) is 25.6. The molecule has 10 heteroatoms. The molecule has 2 heterocycles. The van der Waals surface area contributed by atoms with E-state index in [1.165, 1.54) is 0 Å². The molecule has 2 aromatic heterocycles. The summed E-state index contributed by atoms with van der Waals surface area (Å²) in [5.41, 5.74) is 5.82. The maximum absolute atomic E-state index is 13.8. The summed E-state index contributed by atoms with van der Waals surface area (Å²) in [4.78, 5) is 22.5. The zero-order valence-electron chi connectivity index (χ0n) is 28.0. The van der Waals surface area contributed by atoms with Crippen LogP contribution in [0.5, 0.6) is 0 Å². The van der Waals surface area contributed by atoms with Crippen molar-refractivity contribution in [1.29, 1.82) is 0 Å². The predicted octanol–water partition coefficient (Wildman–Crippen LogP) is 7.52. The van der Waals surface area contributed by atoms with E-state index in [0.717, 1.165) is 38.5 Å². The molecular formula is C32H53N3O4SSi2. The molecule has 3 rings (SSSR count). The molecule has 0 aromatic carbocycles. The van der Waals surface area contributed by atoms with Crippen molar-refractivity contribution in [3.8, 4) is 11.5 Å². The third kappa shape index (κ3) is 7.11. The standard InChI is InChI=1S/C32H53N3O4SSi2/c1-22(2)42(23(3)4,24(5)6)18-17-26-19-29(36)35(30-28(26)20-33-31(34-30)40(10,37)38)27-15-13-25(14-16-27)21-39-41(11,12)32(7,8)9/h19-20,22-25,27H,13-16,21H2,1-12H3. The van der Waals surface area contributed by atoms with E-state index < -0.39 is 26.2 Å². The van der Waals surface area contributed by atoms with Crippen molar-refractivity contribution in [2.24, 2.45) is 5.92 Å². The monoisotopic (exact) mass is 631 g/mol. The molecule has 0 atom stereocenters. The first-order valence-corrected chi connectivity index (χ1v) is 22.5. The average molecular weight is 632 g/mol. The zero-order valence-corrected chi connectivity index (χ0v) is 30.8. The minimum absolute atomic E-state index is 0.0658. The Balaban J connectivity index is 2.06. The molecule has 0 amide bonds. The first kappa shape index (κ1) is 34.7. The molecule has 0 saturated heterocycles. The van der Waals surface area contributed by atoms with E-state index >= 15 is 0 Å². The summed E-state index contributed by atoms with van der Waals surface area (Å²) in [7, 11) is -7.54. The van der Waals surface area contributed by atoms with Crippen LogP contribution in [0.3, 0.4) is 0 Å². The van der Waals surface area contributed by atoms with Crippen LogP contribution in [0.1, 0.15) is 99.6 Å². The molecule has 0 bridgehead atoms. The van der Waals surface area contributed by atoms with Crippen LogP contribution < -0.4 is 5.56 Å². The van der Waals surface area contributed by atoms with Gasteiger partial charge in [-0.15, -0.1) is 5.54 Å². The summed E-state index contributed by atoms with van der Waals surface area (Å²) in [5.74, 6) is 3.86. The molecular weight excluding hydrogens is 579 g/mol. The summed E-state index contributed by atoms with van der Waals surface area (Å²) >= 11 is 0. The van der Waals surface area contributed by atoms with Crippen LogP contribution >= 0.6 is 0 Å². The van der Waals surface area contributed by atoms with Crippen molar-refractivity contribution >= 4 is 37.3 Å². The molecule has 234 valence electrons. The Bertz CT molecular complexity index is 1480. The third-order valence-corrected chi connectivity index (χ3v) is 21.7.